The Balaban J connectivity index is 1.91. The fourth-order valence-electron chi connectivity index (χ4n) is 2.25. The fraction of sp³-hybridized carbons (Fsp3) is 0.818. The molecule has 2 atom stereocenters. The highest BCUT2D eigenvalue weighted by Gasteiger charge is 2.36. The second-order valence-corrected chi connectivity index (χ2v) is 4.62. The lowest BCUT2D eigenvalue weighted by Gasteiger charge is -2.29. The highest BCUT2D eigenvalue weighted by Crippen LogP contribution is 2.31. The number of hydrogen-bond acceptors (Lipinski definition) is 2. The van der Waals surface area contributed by atoms with Crippen LogP contribution in [-0.4, -0.2) is 23.0 Å². The van der Waals surface area contributed by atoms with Crippen LogP contribution in [0.4, 0.5) is 0 Å². The molecule has 0 unspecified atom stereocenters. The van der Waals surface area contributed by atoms with Crippen LogP contribution in [0.1, 0.15) is 38.5 Å². The van der Waals surface area contributed by atoms with Gasteiger partial charge in [-0.1, -0.05) is 12.8 Å². The largest absolute Gasteiger partial charge is 0.481 e. The maximum absolute atomic E-state index is 11.5. The van der Waals surface area contributed by atoms with Crippen LogP contribution < -0.4 is 5.32 Å². The van der Waals surface area contributed by atoms with Crippen LogP contribution in [0.5, 0.6) is 0 Å². The van der Waals surface area contributed by atoms with Gasteiger partial charge in [0.1, 0.15) is 0 Å². The lowest BCUT2D eigenvalue weighted by molar-refractivity contribution is -0.144. The number of nitrogens with one attached hydrogen (secondary N) is 1. The predicted octanol–water partition coefficient (Wildman–Crippen LogP) is 1.16. The molecular formula is C11H17NO3. The van der Waals surface area contributed by atoms with Crippen LogP contribution in [0.25, 0.3) is 0 Å². The molecule has 2 aliphatic carbocycles. The van der Waals surface area contributed by atoms with Crippen LogP contribution >= 0.6 is 0 Å². The zero-order valence-electron chi connectivity index (χ0n) is 8.74. The highest BCUT2D eigenvalue weighted by atomic mass is 16.4. The van der Waals surface area contributed by atoms with E-state index in [1.807, 2.05) is 0 Å². The number of amides is 1. The summed E-state index contributed by atoms with van der Waals surface area (Å²) in [4.78, 5) is 22.5. The van der Waals surface area contributed by atoms with Gasteiger partial charge in [-0.15, -0.1) is 0 Å². The summed E-state index contributed by atoms with van der Waals surface area (Å²) >= 11 is 0. The molecule has 4 nitrogen and oxygen atoms in total. The molecule has 0 aromatic heterocycles. The number of rotatable bonds is 3. The third-order valence-corrected chi connectivity index (χ3v) is 3.36. The summed E-state index contributed by atoms with van der Waals surface area (Å²) in [6.45, 7) is 0. The second-order valence-electron chi connectivity index (χ2n) is 4.62. The van der Waals surface area contributed by atoms with Crippen molar-refractivity contribution in [3.05, 3.63) is 0 Å². The van der Waals surface area contributed by atoms with Gasteiger partial charge in [0.25, 0.3) is 0 Å². The van der Waals surface area contributed by atoms with Gasteiger partial charge < -0.3 is 10.4 Å². The van der Waals surface area contributed by atoms with Crippen molar-refractivity contribution in [2.75, 3.05) is 0 Å². The molecule has 1 amide bonds. The zero-order valence-corrected chi connectivity index (χ0v) is 8.74. The smallest absolute Gasteiger partial charge is 0.308 e. The molecule has 0 spiro atoms. The quantitative estimate of drug-likeness (QED) is 0.736. The van der Waals surface area contributed by atoms with Crippen molar-refractivity contribution in [2.45, 2.75) is 44.6 Å². The van der Waals surface area contributed by atoms with Crippen molar-refractivity contribution in [3.63, 3.8) is 0 Å². The van der Waals surface area contributed by atoms with Gasteiger partial charge in [0.2, 0.25) is 5.91 Å². The number of carbonyl (C=O) groups is 2. The van der Waals surface area contributed by atoms with Crippen molar-refractivity contribution in [3.8, 4) is 0 Å². The summed E-state index contributed by atoms with van der Waals surface area (Å²) in [5, 5.41) is 11.9. The first kappa shape index (κ1) is 10.5. The third kappa shape index (κ3) is 2.49. The Morgan fingerprint density at radius 2 is 1.73 bits per heavy atom. The number of aliphatic carboxylic acids is 1. The Hall–Kier alpha value is -1.06. The minimum absolute atomic E-state index is 0.0631. The average molecular weight is 211 g/mol. The van der Waals surface area contributed by atoms with Crippen LogP contribution in [0.15, 0.2) is 0 Å². The molecule has 0 saturated heterocycles. The standard InChI is InChI=1S/C11H17NO3/c13-10(7-5-6-7)12-9-4-2-1-3-8(9)11(14)15/h7-9H,1-6H2,(H,12,13)(H,14,15)/t8-,9+/m0/s1. The van der Waals surface area contributed by atoms with Crippen LogP contribution in [-0.2, 0) is 9.59 Å². The van der Waals surface area contributed by atoms with Gasteiger partial charge in [-0.05, 0) is 25.7 Å². The lowest BCUT2D eigenvalue weighted by Crippen LogP contribution is -2.45. The van der Waals surface area contributed by atoms with E-state index in [0.717, 1.165) is 32.1 Å². The molecule has 15 heavy (non-hydrogen) atoms. The normalized spacial score (nSPS) is 30.9. The van der Waals surface area contributed by atoms with E-state index in [0.29, 0.717) is 6.42 Å². The molecular weight excluding hydrogens is 194 g/mol. The molecule has 2 rings (SSSR count). The Morgan fingerprint density at radius 3 is 2.33 bits per heavy atom. The first-order valence-electron chi connectivity index (χ1n) is 5.71. The summed E-state index contributed by atoms with van der Waals surface area (Å²) in [7, 11) is 0. The maximum atomic E-state index is 11.5. The van der Waals surface area contributed by atoms with Gasteiger partial charge in [-0.25, -0.2) is 0 Å². The van der Waals surface area contributed by atoms with Crippen molar-refractivity contribution >= 4 is 11.9 Å². The first-order chi connectivity index (χ1) is 7.18. The molecule has 2 N–H and O–H groups in total. The summed E-state index contributed by atoms with van der Waals surface area (Å²) in [5.74, 6) is -0.910. The van der Waals surface area contributed by atoms with E-state index in [2.05, 4.69) is 5.32 Å². The highest BCUT2D eigenvalue weighted by molar-refractivity contribution is 5.82. The minimum Gasteiger partial charge on any atom is -0.481 e. The van der Waals surface area contributed by atoms with Gasteiger partial charge in [-0.2, -0.15) is 0 Å². The third-order valence-electron chi connectivity index (χ3n) is 3.36. The van der Waals surface area contributed by atoms with E-state index in [-0.39, 0.29) is 23.8 Å². The summed E-state index contributed by atoms with van der Waals surface area (Å²) in [6, 6.07) is -0.135. The Labute approximate surface area is 89.0 Å². The summed E-state index contributed by atoms with van der Waals surface area (Å²) < 4.78 is 0. The monoisotopic (exact) mass is 211 g/mol. The van der Waals surface area contributed by atoms with Crippen molar-refractivity contribution < 1.29 is 14.7 Å². The fourth-order valence-corrected chi connectivity index (χ4v) is 2.25. The van der Waals surface area contributed by atoms with Crippen LogP contribution in [0, 0.1) is 11.8 Å². The zero-order chi connectivity index (χ0) is 10.8. The van der Waals surface area contributed by atoms with E-state index < -0.39 is 5.97 Å². The Morgan fingerprint density at radius 1 is 1.07 bits per heavy atom. The van der Waals surface area contributed by atoms with Gasteiger partial charge in [-0.3, -0.25) is 9.59 Å². The van der Waals surface area contributed by atoms with Crippen molar-refractivity contribution in [1.82, 2.24) is 5.32 Å². The average Bonchev–Trinajstić information content (AvgIpc) is 3.01. The lowest BCUT2D eigenvalue weighted by atomic mass is 9.84. The van der Waals surface area contributed by atoms with Gasteiger partial charge in [0.15, 0.2) is 0 Å². The molecule has 4 heteroatoms. The number of carboxylic acids is 1. The van der Waals surface area contributed by atoms with Gasteiger partial charge >= 0.3 is 5.97 Å². The Kier molecular flexibility index (Phi) is 2.93. The first-order valence-corrected chi connectivity index (χ1v) is 5.71. The predicted molar refractivity (Wildman–Crippen MR) is 54.2 cm³/mol. The SMILES string of the molecule is O=C(N[C@@H]1CCCC[C@@H]1C(=O)O)C1CC1. The van der Waals surface area contributed by atoms with E-state index in [1.165, 1.54) is 0 Å². The number of carbonyl (C=O) groups excluding carboxylic acids is 1. The van der Waals surface area contributed by atoms with E-state index >= 15 is 0 Å². The van der Waals surface area contributed by atoms with Gasteiger partial charge in [0.05, 0.1) is 5.92 Å². The van der Waals surface area contributed by atoms with Crippen molar-refractivity contribution in [1.29, 1.82) is 0 Å². The molecule has 0 aromatic carbocycles. The molecule has 0 aromatic rings. The molecule has 0 radical (unpaired) electrons. The maximum Gasteiger partial charge on any atom is 0.308 e. The molecule has 2 saturated carbocycles. The molecule has 84 valence electrons. The van der Waals surface area contributed by atoms with E-state index in [1.54, 1.807) is 0 Å². The summed E-state index contributed by atoms with van der Waals surface area (Å²) in [5.41, 5.74) is 0. The van der Waals surface area contributed by atoms with E-state index in [4.69, 9.17) is 5.11 Å². The molecule has 2 fully saturated rings. The molecule has 2 aliphatic rings. The molecule has 0 bridgehead atoms. The van der Waals surface area contributed by atoms with Crippen LogP contribution in [0.2, 0.25) is 0 Å². The topological polar surface area (TPSA) is 66.4 Å². The van der Waals surface area contributed by atoms with E-state index in [9.17, 15) is 9.59 Å². The van der Waals surface area contributed by atoms with Crippen molar-refractivity contribution in [2.24, 2.45) is 11.8 Å². The minimum atomic E-state index is -0.768. The molecule has 0 aliphatic heterocycles. The van der Waals surface area contributed by atoms with Crippen LogP contribution in [0.3, 0.4) is 0 Å². The Bertz CT molecular complexity index is 273. The summed E-state index contributed by atoms with van der Waals surface area (Å²) in [6.07, 6.45) is 5.44. The van der Waals surface area contributed by atoms with Gasteiger partial charge in [0, 0.05) is 12.0 Å². The number of hydrogen-bond donors (Lipinski definition) is 2. The second kappa shape index (κ2) is 4.21. The molecule has 0 heterocycles. The number of carboxylic acid groups (broad SMARTS) is 1.